The zero-order valence-corrected chi connectivity index (χ0v) is 23.6. The predicted octanol–water partition coefficient (Wildman–Crippen LogP) is 5.69. The number of benzene rings is 1. The summed E-state index contributed by atoms with van der Waals surface area (Å²) < 4.78 is 19.7. The van der Waals surface area contributed by atoms with E-state index in [1.807, 2.05) is 52.0 Å². The van der Waals surface area contributed by atoms with Gasteiger partial charge in [-0.1, -0.05) is 30.4 Å². The summed E-state index contributed by atoms with van der Waals surface area (Å²) in [6.45, 7) is 8.56. The molecule has 0 saturated carbocycles. The van der Waals surface area contributed by atoms with Crippen LogP contribution in [-0.4, -0.2) is 59.6 Å². The number of para-hydroxylation sites is 2. The number of carbonyl (C=O) groups excluding carboxylic acids is 1. The number of nitrogens with one attached hydrogen (secondary N) is 2. The fourth-order valence-corrected chi connectivity index (χ4v) is 5.08. The Morgan fingerprint density at radius 2 is 1.98 bits per heavy atom. The number of ether oxygens (including phenoxy) is 1. The van der Waals surface area contributed by atoms with Gasteiger partial charge >= 0.3 is 6.09 Å². The lowest BCUT2D eigenvalue weighted by atomic mass is 10.1. The first-order valence-electron chi connectivity index (χ1n) is 13.0. The highest BCUT2D eigenvalue weighted by atomic mass is 32.1. The van der Waals surface area contributed by atoms with Crippen LogP contribution in [0.1, 0.15) is 50.1 Å². The van der Waals surface area contributed by atoms with Gasteiger partial charge in [0.15, 0.2) is 5.82 Å². The molecule has 0 spiro atoms. The summed E-state index contributed by atoms with van der Waals surface area (Å²) in [5.74, 6) is 0.868. The van der Waals surface area contributed by atoms with Gasteiger partial charge in [-0.3, -0.25) is 4.98 Å². The Morgan fingerprint density at radius 1 is 1.15 bits per heavy atom. The third kappa shape index (κ3) is 6.50. The van der Waals surface area contributed by atoms with Crippen molar-refractivity contribution in [1.29, 1.82) is 0 Å². The number of fused-ring (bicyclic) bond motifs is 2. The van der Waals surface area contributed by atoms with Gasteiger partial charge in [-0.05, 0) is 45.0 Å². The van der Waals surface area contributed by atoms with Crippen molar-refractivity contribution in [3.05, 3.63) is 71.3 Å². The highest BCUT2D eigenvalue weighted by Gasteiger charge is 2.25. The maximum absolute atomic E-state index is 14.0. The van der Waals surface area contributed by atoms with E-state index < -0.39 is 17.5 Å². The number of aromatic amines is 1. The molecular weight excluding hydrogens is 531 g/mol. The van der Waals surface area contributed by atoms with Crippen molar-refractivity contribution in [2.75, 3.05) is 18.4 Å². The molecule has 0 fully saturated rings. The molecule has 208 valence electrons. The molecule has 2 N–H and O–H groups in total. The van der Waals surface area contributed by atoms with Crippen LogP contribution >= 0.6 is 11.3 Å². The average molecular weight is 563 g/mol. The lowest BCUT2D eigenvalue weighted by Gasteiger charge is -2.28. The van der Waals surface area contributed by atoms with E-state index in [-0.39, 0.29) is 18.2 Å². The van der Waals surface area contributed by atoms with Gasteiger partial charge < -0.3 is 19.9 Å². The Kier molecular flexibility index (Phi) is 7.88. The predicted molar refractivity (Wildman–Crippen MR) is 153 cm³/mol. The summed E-state index contributed by atoms with van der Waals surface area (Å²) in [7, 11) is 0. The number of halogens is 1. The second-order valence-electron chi connectivity index (χ2n) is 10.5. The smallest absolute Gasteiger partial charge is 0.410 e. The number of hydrogen-bond acceptors (Lipinski definition) is 9. The molecule has 0 aliphatic carbocycles. The van der Waals surface area contributed by atoms with Crippen LogP contribution in [0.4, 0.5) is 15.0 Å². The zero-order valence-electron chi connectivity index (χ0n) is 22.8. The van der Waals surface area contributed by atoms with Crippen LogP contribution in [0.2, 0.25) is 0 Å². The Bertz CT molecular complexity index is 1600. The van der Waals surface area contributed by atoms with Gasteiger partial charge in [0.2, 0.25) is 0 Å². The van der Waals surface area contributed by atoms with E-state index in [4.69, 9.17) is 14.7 Å². The van der Waals surface area contributed by atoms with E-state index in [0.29, 0.717) is 35.7 Å². The van der Waals surface area contributed by atoms with Crippen LogP contribution in [0.3, 0.4) is 0 Å². The van der Waals surface area contributed by atoms with Gasteiger partial charge in [0.1, 0.15) is 33.9 Å². The minimum absolute atomic E-state index is 0.0519. The van der Waals surface area contributed by atoms with Crippen LogP contribution in [0.25, 0.3) is 21.4 Å². The molecule has 0 bridgehead atoms. The fraction of sp³-hybridized carbons (Fsp3) is 0.357. The summed E-state index contributed by atoms with van der Waals surface area (Å²) >= 11 is 1.43. The highest BCUT2D eigenvalue weighted by molar-refractivity contribution is 7.18. The number of thiazole rings is 1. The first-order valence-corrected chi connectivity index (χ1v) is 13.8. The van der Waals surface area contributed by atoms with E-state index in [9.17, 15) is 9.18 Å². The van der Waals surface area contributed by atoms with Crippen molar-refractivity contribution in [2.45, 2.75) is 52.2 Å². The number of aromatic nitrogens is 6. The van der Waals surface area contributed by atoms with Gasteiger partial charge in [-0.15, -0.1) is 0 Å². The zero-order chi connectivity index (χ0) is 28.3. The summed E-state index contributed by atoms with van der Waals surface area (Å²) in [4.78, 5) is 41.1. The van der Waals surface area contributed by atoms with Crippen molar-refractivity contribution >= 4 is 44.6 Å². The molecule has 0 aliphatic rings. The summed E-state index contributed by atoms with van der Waals surface area (Å²) in [5, 5.41) is 3.92. The highest BCUT2D eigenvalue weighted by Crippen LogP contribution is 2.26. The van der Waals surface area contributed by atoms with Crippen LogP contribution in [0.15, 0.2) is 48.9 Å². The van der Waals surface area contributed by atoms with Gasteiger partial charge in [-0.25, -0.2) is 29.1 Å². The minimum Gasteiger partial charge on any atom is -0.444 e. The number of hydrogen-bond donors (Lipinski definition) is 2. The van der Waals surface area contributed by atoms with Crippen LogP contribution in [0.5, 0.6) is 0 Å². The normalized spacial score (nSPS) is 12.5. The molecule has 0 aliphatic heterocycles. The summed E-state index contributed by atoms with van der Waals surface area (Å²) in [6.07, 6.45) is 3.10. The quantitative estimate of drug-likeness (QED) is 0.235. The van der Waals surface area contributed by atoms with Gasteiger partial charge in [-0.2, -0.15) is 0 Å². The number of rotatable bonds is 9. The van der Waals surface area contributed by atoms with Gasteiger partial charge in [0, 0.05) is 31.6 Å². The second-order valence-corrected chi connectivity index (χ2v) is 11.5. The molecule has 4 heterocycles. The number of pyridine rings is 1. The topological polar surface area (TPSA) is 122 Å². The molecular formula is C28H31FN8O2S. The maximum Gasteiger partial charge on any atom is 0.410 e. The van der Waals surface area contributed by atoms with Crippen LogP contribution in [0, 0.1) is 5.82 Å². The van der Waals surface area contributed by atoms with E-state index in [2.05, 4.69) is 25.3 Å². The van der Waals surface area contributed by atoms with Crippen LogP contribution in [-0.2, 0) is 17.7 Å². The van der Waals surface area contributed by atoms with E-state index >= 15 is 0 Å². The molecule has 0 radical (unpaired) electrons. The molecule has 1 aromatic carbocycles. The maximum atomic E-state index is 14.0. The van der Waals surface area contributed by atoms with E-state index in [1.54, 1.807) is 17.2 Å². The van der Waals surface area contributed by atoms with Crippen molar-refractivity contribution in [1.82, 2.24) is 34.8 Å². The number of carbonyl (C=O) groups is 1. The summed E-state index contributed by atoms with van der Waals surface area (Å²) in [6, 6.07) is 10.8. The molecule has 40 heavy (non-hydrogen) atoms. The first-order chi connectivity index (χ1) is 19.2. The molecule has 0 saturated heterocycles. The van der Waals surface area contributed by atoms with Gasteiger partial charge in [0.25, 0.3) is 0 Å². The van der Waals surface area contributed by atoms with Crippen molar-refractivity contribution in [3.63, 3.8) is 0 Å². The molecule has 12 heteroatoms. The SMILES string of the molecule is C[C@@H](CN(CCc1nc2c(NCc3ncccc3F)ncnc2s1)C(=O)OC(C)(C)C)c1nc2ccccc2[nH]1. The largest absolute Gasteiger partial charge is 0.444 e. The Labute approximate surface area is 235 Å². The van der Waals surface area contributed by atoms with E-state index in [0.717, 1.165) is 21.9 Å². The number of nitrogens with zero attached hydrogens (tertiary/aromatic N) is 6. The van der Waals surface area contributed by atoms with Crippen molar-refractivity contribution < 1.29 is 13.9 Å². The van der Waals surface area contributed by atoms with Crippen molar-refractivity contribution in [2.24, 2.45) is 0 Å². The number of H-pyrrole nitrogens is 1. The lowest BCUT2D eigenvalue weighted by molar-refractivity contribution is 0.0242. The van der Waals surface area contributed by atoms with Gasteiger partial charge in [0.05, 0.1) is 28.3 Å². The number of anilines is 1. The van der Waals surface area contributed by atoms with E-state index in [1.165, 1.54) is 23.7 Å². The number of amides is 1. The van der Waals surface area contributed by atoms with Crippen LogP contribution < -0.4 is 5.32 Å². The molecule has 10 nitrogen and oxygen atoms in total. The Morgan fingerprint density at radius 3 is 2.75 bits per heavy atom. The Hall–Kier alpha value is -4.19. The number of imidazole rings is 1. The minimum atomic E-state index is -0.628. The monoisotopic (exact) mass is 562 g/mol. The third-order valence-corrected chi connectivity index (χ3v) is 7.14. The lowest BCUT2D eigenvalue weighted by Crippen LogP contribution is -2.40. The Balaban J connectivity index is 1.31. The first kappa shape index (κ1) is 27.4. The molecule has 5 rings (SSSR count). The molecule has 5 aromatic rings. The summed E-state index contributed by atoms with van der Waals surface area (Å²) in [5.41, 5.74) is 2.10. The molecule has 0 unspecified atom stereocenters. The molecule has 1 atom stereocenters. The molecule has 4 aromatic heterocycles. The standard InChI is InChI=1S/C28H31FN8O2S/c1-17(24-34-19-9-5-6-10-20(19)35-24)15-37(27(38)39-28(2,3)4)13-11-22-36-23-25(32-16-33-26(23)40-22)31-14-21-18(29)8-7-12-30-21/h5-10,12,16-17H,11,13-15H2,1-4H3,(H,34,35)(H,31,32,33)/t17-/m0/s1. The third-order valence-electron chi connectivity index (χ3n) is 6.11. The molecule has 1 amide bonds. The van der Waals surface area contributed by atoms with Crippen molar-refractivity contribution in [3.8, 4) is 0 Å². The average Bonchev–Trinajstić information content (AvgIpc) is 3.54. The second kappa shape index (κ2) is 11.5. The fourth-order valence-electron chi connectivity index (χ4n) is 4.19.